The monoisotopic (exact) mass is 357 g/mol. The molecular weight excluding hydrogens is 342 g/mol. The first-order chi connectivity index (χ1) is 9.81. The molecule has 0 aliphatic carbocycles. The largest absolute Gasteiger partial charge is 0.354 e. The molecule has 1 rings (SSSR count). The van der Waals surface area contributed by atoms with Gasteiger partial charge in [-0.05, 0) is 34.0 Å². The summed E-state index contributed by atoms with van der Waals surface area (Å²) in [4.78, 5) is 33.5. The summed E-state index contributed by atoms with van der Waals surface area (Å²) in [7, 11) is 0. The minimum Gasteiger partial charge on any atom is -0.354 e. The van der Waals surface area contributed by atoms with E-state index in [0.717, 1.165) is 6.07 Å². The molecule has 1 aromatic carbocycles. The quantitative estimate of drug-likeness (QED) is 0.599. The Bertz CT molecular complexity index is 560. The highest BCUT2D eigenvalue weighted by atomic mass is 79.9. The molecule has 0 fully saturated rings. The number of nitro benzene ring substituents is 1. The van der Waals surface area contributed by atoms with Gasteiger partial charge < -0.3 is 10.6 Å². The second-order valence-corrected chi connectivity index (χ2v) is 5.66. The second-order valence-electron chi connectivity index (χ2n) is 4.80. The number of carbonyl (C=O) groups is 2. The molecule has 0 aliphatic heterocycles. The third-order valence-corrected chi connectivity index (χ3v) is 3.19. The van der Waals surface area contributed by atoms with Gasteiger partial charge in [0.2, 0.25) is 5.91 Å². The SMILES string of the molecule is CC(C)CNC(=O)CNC(=O)c1ccc(Br)c([N+](=O)[O-])c1. The number of amides is 2. The fourth-order valence-corrected chi connectivity index (χ4v) is 1.83. The highest BCUT2D eigenvalue weighted by Crippen LogP contribution is 2.25. The lowest BCUT2D eigenvalue weighted by Crippen LogP contribution is -2.38. The molecule has 0 saturated heterocycles. The molecule has 0 atom stereocenters. The Morgan fingerprint density at radius 2 is 2.00 bits per heavy atom. The predicted molar refractivity (Wildman–Crippen MR) is 81.0 cm³/mol. The van der Waals surface area contributed by atoms with Gasteiger partial charge in [-0.2, -0.15) is 0 Å². The van der Waals surface area contributed by atoms with Crippen molar-refractivity contribution in [1.29, 1.82) is 0 Å². The van der Waals surface area contributed by atoms with Gasteiger partial charge in [-0.3, -0.25) is 19.7 Å². The van der Waals surface area contributed by atoms with Crippen molar-refractivity contribution in [2.24, 2.45) is 5.92 Å². The van der Waals surface area contributed by atoms with Crippen molar-refractivity contribution in [1.82, 2.24) is 10.6 Å². The van der Waals surface area contributed by atoms with Crippen LogP contribution in [-0.4, -0.2) is 29.8 Å². The van der Waals surface area contributed by atoms with E-state index < -0.39 is 10.8 Å². The summed E-state index contributed by atoms with van der Waals surface area (Å²) in [6.45, 7) is 4.27. The lowest BCUT2D eigenvalue weighted by atomic mass is 10.2. The number of benzene rings is 1. The van der Waals surface area contributed by atoms with Gasteiger partial charge in [-0.1, -0.05) is 13.8 Å². The van der Waals surface area contributed by atoms with E-state index in [1.54, 1.807) is 0 Å². The topological polar surface area (TPSA) is 101 Å². The number of halogens is 1. The number of nitro groups is 1. The molecule has 0 unspecified atom stereocenters. The molecule has 0 heterocycles. The lowest BCUT2D eigenvalue weighted by molar-refractivity contribution is -0.385. The Kier molecular flexibility index (Phi) is 6.29. The first-order valence-corrected chi connectivity index (χ1v) is 7.09. The summed E-state index contributed by atoms with van der Waals surface area (Å²) in [5, 5.41) is 15.9. The number of rotatable bonds is 6. The Balaban J connectivity index is 2.62. The first-order valence-electron chi connectivity index (χ1n) is 6.30. The molecule has 2 amide bonds. The zero-order valence-electron chi connectivity index (χ0n) is 11.7. The van der Waals surface area contributed by atoms with Gasteiger partial charge in [0.1, 0.15) is 0 Å². The number of carbonyl (C=O) groups excluding carboxylic acids is 2. The zero-order valence-corrected chi connectivity index (χ0v) is 13.3. The normalized spacial score (nSPS) is 10.3. The van der Waals surface area contributed by atoms with E-state index in [2.05, 4.69) is 26.6 Å². The van der Waals surface area contributed by atoms with Gasteiger partial charge in [0, 0.05) is 18.2 Å². The average Bonchev–Trinajstić information content (AvgIpc) is 2.42. The fourth-order valence-electron chi connectivity index (χ4n) is 1.44. The summed E-state index contributed by atoms with van der Waals surface area (Å²) in [5.74, 6) is -0.521. The molecule has 0 aliphatic rings. The third-order valence-electron chi connectivity index (χ3n) is 2.52. The van der Waals surface area contributed by atoms with Crippen molar-refractivity contribution in [2.45, 2.75) is 13.8 Å². The Hall–Kier alpha value is -1.96. The number of hydrogen-bond acceptors (Lipinski definition) is 4. The van der Waals surface area contributed by atoms with Crippen LogP contribution in [0.2, 0.25) is 0 Å². The highest BCUT2D eigenvalue weighted by Gasteiger charge is 2.16. The highest BCUT2D eigenvalue weighted by molar-refractivity contribution is 9.10. The molecule has 0 saturated carbocycles. The van der Waals surface area contributed by atoms with Crippen molar-refractivity contribution in [3.8, 4) is 0 Å². The van der Waals surface area contributed by atoms with Crippen LogP contribution >= 0.6 is 15.9 Å². The predicted octanol–water partition coefficient (Wildman–Crippen LogP) is 1.86. The Morgan fingerprint density at radius 1 is 1.33 bits per heavy atom. The van der Waals surface area contributed by atoms with Gasteiger partial charge in [-0.15, -0.1) is 0 Å². The van der Waals surface area contributed by atoms with E-state index in [0.29, 0.717) is 16.9 Å². The maximum absolute atomic E-state index is 11.8. The molecule has 0 aromatic heterocycles. The maximum Gasteiger partial charge on any atom is 0.284 e. The van der Waals surface area contributed by atoms with Crippen LogP contribution in [-0.2, 0) is 4.79 Å². The van der Waals surface area contributed by atoms with Crippen molar-refractivity contribution in [3.63, 3.8) is 0 Å². The maximum atomic E-state index is 11.8. The minimum absolute atomic E-state index is 0.126. The summed E-state index contributed by atoms with van der Waals surface area (Å²) >= 11 is 3.04. The van der Waals surface area contributed by atoms with E-state index >= 15 is 0 Å². The van der Waals surface area contributed by atoms with Crippen molar-refractivity contribution < 1.29 is 14.5 Å². The van der Waals surface area contributed by atoms with E-state index in [1.807, 2.05) is 13.8 Å². The molecule has 0 spiro atoms. The van der Waals surface area contributed by atoms with E-state index in [1.165, 1.54) is 12.1 Å². The van der Waals surface area contributed by atoms with Crippen molar-refractivity contribution >= 4 is 33.4 Å². The van der Waals surface area contributed by atoms with Gasteiger partial charge >= 0.3 is 0 Å². The van der Waals surface area contributed by atoms with Crippen LogP contribution in [0.3, 0.4) is 0 Å². The molecule has 0 radical (unpaired) electrons. The van der Waals surface area contributed by atoms with Crippen LogP contribution in [0.4, 0.5) is 5.69 Å². The number of hydrogen-bond donors (Lipinski definition) is 2. The van der Waals surface area contributed by atoms with E-state index in [-0.39, 0.29) is 23.7 Å². The van der Waals surface area contributed by atoms with Gasteiger partial charge in [0.15, 0.2) is 0 Å². The van der Waals surface area contributed by atoms with Crippen molar-refractivity contribution in [3.05, 3.63) is 38.3 Å². The Morgan fingerprint density at radius 3 is 2.57 bits per heavy atom. The molecule has 2 N–H and O–H groups in total. The number of nitrogens with zero attached hydrogens (tertiary/aromatic N) is 1. The van der Waals surface area contributed by atoms with Gasteiger partial charge in [0.25, 0.3) is 11.6 Å². The second kappa shape index (κ2) is 7.72. The molecular formula is C13H16BrN3O4. The molecule has 1 aromatic rings. The molecule has 0 bridgehead atoms. The molecule has 7 nitrogen and oxygen atoms in total. The van der Waals surface area contributed by atoms with E-state index in [4.69, 9.17) is 0 Å². The lowest BCUT2D eigenvalue weighted by Gasteiger charge is -2.08. The smallest absolute Gasteiger partial charge is 0.284 e. The van der Waals surface area contributed by atoms with Crippen LogP contribution in [0.15, 0.2) is 22.7 Å². The third kappa shape index (κ3) is 5.50. The van der Waals surface area contributed by atoms with Crippen LogP contribution in [0.5, 0.6) is 0 Å². The molecule has 114 valence electrons. The Labute approximate surface area is 130 Å². The van der Waals surface area contributed by atoms with Gasteiger partial charge in [0.05, 0.1) is 15.9 Å². The molecule has 21 heavy (non-hydrogen) atoms. The van der Waals surface area contributed by atoms with Crippen LogP contribution in [0, 0.1) is 16.0 Å². The van der Waals surface area contributed by atoms with E-state index in [9.17, 15) is 19.7 Å². The van der Waals surface area contributed by atoms with Gasteiger partial charge in [-0.25, -0.2) is 0 Å². The number of nitrogens with one attached hydrogen (secondary N) is 2. The summed E-state index contributed by atoms with van der Waals surface area (Å²) < 4.78 is 0.290. The standard InChI is InChI=1S/C13H16BrN3O4/c1-8(2)6-15-12(18)7-16-13(19)9-3-4-10(14)11(5-9)17(20)21/h3-5,8H,6-7H2,1-2H3,(H,15,18)(H,16,19). The minimum atomic E-state index is -0.587. The summed E-state index contributed by atoms with van der Waals surface area (Å²) in [6.07, 6.45) is 0. The van der Waals surface area contributed by atoms with Crippen LogP contribution in [0.25, 0.3) is 0 Å². The molecule has 8 heteroatoms. The first kappa shape index (κ1) is 17.1. The summed E-state index contributed by atoms with van der Waals surface area (Å²) in [5.41, 5.74) is -0.0755. The average molecular weight is 358 g/mol. The zero-order chi connectivity index (χ0) is 16.0. The van der Waals surface area contributed by atoms with Crippen LogP contribution in [0.1, 0.15) is 24.2 Å². The fraction of sp³-hybridized carbons (Fsp3) is 0.385. The summed E-state index contributed by atoms with van der Waals surface area (Å²) in [6, 6.07) is 4.02. The van der Waals surface area contributed by atoms with Crippen LogP contribution < -0.4 is 10.6 Å². The van der Waals surface area contributed by atoms with Crippen molar-refractivity contribution in [2.75, 3.05) is 13.1 Å².